The van der Waals surface area contributed by atoms with E-state index in [2.05, 4.69) is 20.6 Å². The van der Waals surface area contributed by atoms with Crippen LogP contribution in [0.4, 0.5) is 31.9 Å². The standard InChI is InChI=1S/C11H9F2N5O2/c1-14-11-15-5-9(18(19)20)10(17-11)16-6-2-3-7(12)8(13)4-6/h2-5H,1H3,(H2,14,15,16,17). The monoisotopic (exact) mass is 281 g/mol. The molecule has 2 N–H and O–H groups in total. The summed E-state index contributed by atoms with van der Waals surface area (Å²) < 4.78 is 25.9. The zero-order valence-corrected chi connectivity index (χ0v) is 10.2. The fourth-order valence-electron chi connectivity index (χ4n) is 1.43. The van der Waals surface area contributed by atoms with Crippen LogP contribution < -0.4 is 10.6 Å². The summed E-state index contributed by atoms with van der Waals surface area (Å²) in [6.45, 7) is 0. The lowest BCUT2D eigenvalue weighted by Crippen LogP contribution is -2.04. The van der Waals surface area contributed by atoms with Crippen LogP contribution in [-0.2, 0) is 0 Å². The number of nitro groups is 1. The second-order valence-corrected chi connectivity index (χ2v) is 3.69. The molecule has 0 aliphatic carbocycles. The van der Waals surface area contributed by atoms with Gasteiger partial charge in [-0.05, 0) is 12.1 Å². The average Bonchev–Trinajstić information content (AvgIpc) is 2.42. The number of nitrogens with zero attached hydrogens (tertiary/aromatic N) is 3. The number of hydrogen-bond donors (Lipinski definition) is 2. The second-order valence-electron chi connectivity index (χ2n) is 3.69. The van der Waals surface area contributed by atoms with Crippen LogP contribution in [0.15, 0.2) is 24.4 Å². The van der Waals surface area contributed by atoms with E-state index in [-0.39, 0.29) is 23.1 Å². The van der Waals surface area contributed by atoms with Crippen LogP contribution in [0.3, 0.4) is 0 Å². The molecule has 0 saturated carbocycles. The number of nitrogens with one attached hydrogen (secondary N) is 2. The molecule has 0 bridgehead atoms. The van der Waals surface area contributed by atoms with Crippen LogP contribution in [0.25, 0.3) is 0 Å². The van der Waals surface area contributed by atoms with E-state index in [1.165, 1.54) is 6.07 Å². The predicted octanol–water partition coefficient (Wildman–Crippen LogP) is 2.45. The van der Waals surface area contributed by atoms with Gasteiger partial charge in [0.15, 0.2) is 11.6 Å². The van der Waals surface area contributed by atoms with Gasteiger partial charge >= 0.3 is 5.69 Å². The number of rotatable bonds is 4. The lowest BCUT2D eigenvalue weighted by molar-refractivity contribution is -0.384. The number of anilines is 3. The topological polar surface area (TPSA) is 93.0 Å². The highest BCUT2D eigenvalue weighted by Gasteiger charge is 2.17. The normalized spacial score (nSPS) is 10.2. The largest absolute Gasteiger partial charge is 0.357 e. The molecule has 20 heavy (non-hydrogen) atoms. The third-order valence-electron chi connectivity index (χ3n) is 2.37. The van der Waals surface area contributed by atoms with Crippen molar-refractivity contribution in [2.24, 2.45) is 0 Å². The number of hydrogen-bond acceptors (Lipinski definition) is 6. The Labute approximate surface area is 111 Å². The summed E-state index contributed by atoms with van der Waals surface area (Å²) in [6, 6.07) is 3.02. The summed E-state index contributed by atoms with van der Waals surface area (Å²) in [5.74, 6) is -2.05. The van der Waals surface area contributed by atoms with E-state index in [1.807, 2.05) is 0 Å². The van der Waals surface area contributed by atoms with Crippen LogP contribution in [0.1, 0.15) is 0 Å². The Hall–Kier alpha value is -2.84. The Balaban J connectivity index is 2.40. The molecule has 0 aliphatic heterocycles. The molecule has 2 rings (SSSR count). The molecule has 0 unspecified atom stereocenters. The number of halogens is 2. The Kier molecular flexibility index (Phi) is 3.69. The van der Waals surface area contributed by atoms with Gasteiger partial charge in [-0.1, -0.05) is 0 Å². The molecule has 1 aromatic heterocycles. The minimum atomic E-state index is -1.07. The minimum Gasteiger partial charge on any atom is -0.357 e. The summed E-state index contributed by atoms with van der Waals surface area (Å²) in [5.41, 5.74) is -0.249. The van der Waals surface area contributed by atoms with Crippen molar-refractivity contribution in [2.45, 2.75) is 0 Å². The first-order valence-corrected chi connectivity index (χ1v) is 5.42. The summed E-state index contributed by atoms with van der Waals surface area (Å²) in [7, 11) is 1.54. The Bertz CT molecular complexity index is 665. The van der Waals surface area contributed by atoms with Gasteiger partial charge in [-0.3, -0.25) is 10.1 Å². The van der Waals surface area contributed by atoms with Gasteiger partial charge in [0, 0.05) is 18.8 Å². The van der Waals surface area contributed by atoms with Gasteiger partial charge < -0.3 is 10.6 Å². The molecule has 9 heteroatoms. The molecule has 0 amide bonds. The van der Waals surface area contributed by atoms with E-state index in [0.29, 0.717) is 0 Å². The molecule has 0 fully saturated rings. The maximum atomic E-state index is 13.1. The van der Waals surface area contributed by atoms with Crippen molar-refractivity contribution in [3.05, 3.63) is 46.1 Å². The van der Waals surface area contributed by atoms with Crippen LogP contribution in [0.5, 0.6) is 0 Å². The van der Waals surface area contributed by atoms with Crippen molar-refractivity contribution in [1.82, 2.24) is 9.97 Å². The zero-order chi connectivity index (χ0) is 14.7. The molecule has 0 spiro atoms. The van der Waals surface area contributed by atoms with Crippen LogP contribution in [-0.4, -0.2) is 21.9 Å². The first kappa shape index (κ1) is 13.6. The molecule has 2 aromatic rings. The zero-order valence-electron chi connectivity index (χ0n) is 10.2. The number of aromatic nitrogens is 2. The fourth-order valence-corrected chi connectivity index (χ4v) is 1.43. The van der Waals surface area contributed by atoms with Gasteiger partial charge in [-0.2, -0.15) is 4.98 Å². The lowest BCUT2D eigenvalue weighted by atomic mass is 10.3. The molecule has 1 heterocycles. The molecular weight excluding hydrogens is 272 g/mol. The second kappa shape index (κ2) is 5.43. The SMILES string of the molecule is CNc1ncc([N+](=O)[O-])c(Nc2ccc(F)c(F)c2)n1. The van der Waals surface area contributed by atoms with E-state index in [0.717, 1.165) is 18.3 Å². The van der Waals surface area contributed by atoms with Crippen molar-refractivity contribution in [3.8, 4) is 0 Å². The summed E-state index contributed by atoms with van der Waals surface area (Å²) in [6.07, 6.45) is 1.01. The van der Waals surface area contributed by atoms with Crippen LogP contribution >= 0.6 is 0 Å². The van der Waals surface area contributed by atoms with Gasteiger partial charge in [0.25, 0.3) is 0 Å². The first-order valence-electron chi connectivity index (χ1n) is 5.42. The maximum absolute atomic E-state index is 13.1. The van der Waals surface area contributed by atoms with E-state index in [4.69, 9.17) is 0 Å². The molecule has 0 aliphatic rings. The highest BCUT2D eigenvalue weighted by molar-refractivity contribution is 5.65. The quantitative estimate of drug-likeness (QED) is 0.660. The highest BCUT2D eigenvalue weighted by Crippen LogP contribution is 2.26. The van der Waals surface area contributed by atoms with Crippen LogP contribution in [0.2, 0.25) is 0 Å². The summed E-state index contributed by atoms with van der Waals surface area (Å²) in [4.78, 5) is 17.8. The van der Waals surface area contributed by atoms with Gasteiger partial charge in [0.2, 0.25) is 11.8 Å². The van der Waals surface area contributed by atoms with Crippen molar-refractivity contribution < 1.29 is 13.7 Å². The third-order valence-corrected chi connectivity index (χ3v) is 2.37. The fraction of sp³-hybridized carbons (Fsp3) is 0.0909. The van der Waals surface area contributed by atoms with Crippen molar-refractivity contribution in [2.75, 3.05) is 17.7 Å². The predicted molar refractivity (Wildman–Crippen MR) is 67.9 cm³/mol. The van der Waals surface area contributed by atoms with E-state index in [1.54, 1.807) is 7.05 Å². The van der Waals surface area contributed by atoms with Crippen molar-refractivity contribution in [1.29, 1.82) is 0 Å². The van der Waals surface area contributed by atoms with Crippen molar-refractivity contribution >= 4 is 23.1 Å². The van der Waals surface area contributed by atoms with Gasteiger partial charge in [0.05, 0.1) is 4.92 Å². The van der Waals surface area contributed by atoms with Crippen molar-refractivity contribution in [3.63, 3.8) is 0 Å². The van der Waals surface area contributed by atoms with Gasteiger partial charge in [0.1, 0.15) is 6.20 Å². The average molecular weight is 281 g/mol. The molecular formula is C11H9F2N5O2. The molecule has 0 radical (unpaired) electrons. The lowest BCUT2D eigenvalue weighted by Gasteiger charge is -2.07. The smallest absolute Gasteiger partial charge is 0.329 e. The first-order chi connectivity index (χ1) is 9.51. The van der Waals surface area contributed by atoms with E-state index < -0.39 is 16.6 Å². The Morgan fingerprint density at radius 2 is 2.05 bits per heavy atom. The van der Waals surface area contributed by atoms with E-state index in [9.17, 15) is 18.9 Å². The number of benzene rings is 1. The van der Waals surface area contributed by atoms with Crippen LogP contribution in [0, 0.1) is 21.7 Å². The molecule has 0 saturated heterocycles. The maximum Gasteiger partial charge on any atom is 0.329 e. The molecule has 7 nitrogen and oxygen atoms in total. The summed E-state index contributed by atoms with van der Waals surface area (Å²) >= 11 is 0. The Morgan fingerprint density at radius 1 is 1.30 bits per heavy atom. The summed E-state index contributed by atoms with van der Waals surface area (Å²) in [5, 5.41) is 16.0. The molecule has 104 valence electrons. The highest BCUT2D eigenvalue weighted by atomic mass is 19.2. The minimum absolute atomic E-state index is 0.125. The van der Waals surface area contributed by atoms with Gasteiger partial charge in [-0.25, -0.2) is 13.8 Å². The molecule has 1 aromatic carbocycles. The third kappa shape index (κ3) is 2.76. The van der Waals surface area contributed by atoms with E-state index >= 15 is 0 Å². The molecule has 0 atom stereocenters. The Morgan fingerprint density at radius 3 is 2.65 bits per heavy atom. The van der Waals surface area contributed by atoms with Gasteiger partial charge in [-0.15, -0.1) is 0 Å².